The molecule has 1 aliphatic rings. The van der Waals surface area contributed by atoms with Crippen molar-refractivity contribution in [1.82, 2.24) is 4.90 Å². The van der Waals surface area contributed by atoms with E-state index < -0.39 is 0 Å². The summed E-state index contributed by atoms with van der Waals surface area (Å²) in [5, 5.41) is 0. The molecule has 0 radical (unpaired) electrons. The second-order valence-electron chi connectivity index (χ2n) is 4.65. The molecule has 16 heavy (non-hydrogen) atoms. The Kier molecular flexibility index (Phi) is 2.97. The van der Waals surface area contributed by atoms with E-state index in [2.05, 4.69) is 26.0 Å². The van der Waals surface area contributed by atoms with Gasteiger partial charge in [-0.05, 0) is 30.5 Å². The van der Waals surface area contributed by atoms with Crippen LogP contribution in [0.15, 0.2) is 18.2 Å². The van der Waals surface area contributed by atoms with Crippen molar-refractivity contribution in [3.8, 4) is 0 Å². The molecule has 1 aromatic rings. The number of likely N-dealkylation sites (tertiary alicyclic amines) is 1. The third-order valence-corrected chi connectivity index (χ3v) is 3.19. The number of nitrogens with two attached hydrogens (primary N) is 1. The molecule has 0 atom stereocenters. The van der Waals surface area contributed by atoms with E-state index in [9.17, 15) is 4.79 Å². The van der Waals surface area contributed by atoms with E-state index in [4.69, 9.17) is 5.73 Å². The van der Waals surface area contributed by atoms with Gasteiger partial charge in [0.2, 0.25) is 5.91 Å². The first kappa shape index (κ1) is 11.1. The minimum Gasteiger partial charge on any atom is -0.339 e. The molecule has 0 unspecified atom stereocenters. The first-order valence-corrected chi connectivity index (χ1v) is 5.66. The number of hydrogen-bond donors (Lipinski definition) is 1. The van der Waals surface area contributed by atoms with Gasteiger partial charge in [0, 0.05) is 19.1 Å². The fourth-order valence-electron chi connectivity index (χ4n) is 1.92. The van der Waals surface area contributed by atoms with Crippen molar-refractivity contribution in [3.05, 3.63) is 34.9 Å². The van der Waals surface area contributed by atoms with Crippen LogP contribution in [0, 0.1) is 13.8 Å². The maximum atomic E-state index is 11.8. The molecule has 1 fully saturated rings. The molecule has 0 aromatic heterocycles. The lowest BCUT2D eigenvalue weighted by molar-refractivity contribution is -0.134. The van der Waals surface area contributed by atoms with Gasteiger partial charge < -0.3 is 10.6 Å². The lowest BCUT2D eigenvalue weighted by Gasteiger charge is -2.37. The standard InChI is InChI=1S/C13H18N2O/c1-9-3-4-11(5-10(9)2)6-13(16)15-7-12(14)8-15/h3-5,12H,6-8,14H2,1-2H3. The van der Waals surface area contributed by atoms with E-state index in [1.54, 1.807) is 0 Å². The Morgan fingerprint density at radius 3 is 2.62 bits per heavy atom. The summed E-state index contributed by atoms with van der Waals surface area (Å²) in [6.45, 7) is 5.57. The van der Waals surface area contributed by atoms with Gasteiger partial charge in [-0.1, -0.05) is 18.2 Å². The minimum absolute atomic E-state index is 0.184. The van der Waals surface area contributed by atoms with Crippen molar-refractivity contribution in [1.29, 1.82) is 0 Å². The summed E-state index contributed by atoms with van der Waals surface area (Å²) in [5.41, 5.74) is 9.25. The summed E-state index contributed by atoms with van der Waals surface area (Å²) < 4.78 is 0. The van der Waals surface area contributed by atoms with Crippen LogP contribution >= 0.6 is 0 Å². The van der Waals surface area contributed by atoms with Gasteiger partial charge in [0.25, 0.3) is 0 Å². The van der Waals surface area contributed by atoms with Crippen LogP contribution in [-0.2, 0) is 11.2 Å². The fraction of sp³-hybridized carbons (Fsp3) is 0.462. The topological polar surface area (TPSA) is 46.3 Å². The highest BCUT2D eigenvalue weighted by molar-refractivity contribution is 5.79. The highest BCUT2D eigenvalue weighted by atomic mass is 16.2. The Labute approximate surface area is 96.2 Å². The largest absolute Gasteiger partial charge is 0.339 e. The van der Waals surface area contributed by atoms with Crippen molar-refractivity contribution < 1.29 is 4.79 Å². The number of hydrogen-bond acceptors (Lipinski definition) is 2. The van der Waals surface area contributed by atoms with Crippen LogP contribution < -0.4 is 5.73 Å². The van der Waals surface area contributed by atoms with E-state index in [1.165, 1.54) is 11.1 Å². The third-order valence-electron chi connectivity index (χ3n) is 3.19. The van der Waals surface area contributed by atoms with Gasteiger partial charge in [-0.15, -0.1) is 0 Å². The summed E-state index contributed by atoms with van der Waals surface area (Å²) in [6, 6.07) is 6.37. The zero-order chi connectivity index (χ0) is 11.7. The maximum Gasteiger partial charge on any atom is 0.227 e. The Hall–Kier alpha value is -1.35. The molecule has 1 heterocycles. The first-order valence-electron chi connectivity index (χ1n) is 5.66. The van der Waals surface area contributed by atoms with Gasteiger partial charge in [0.05, 0.1) is 6.42 Å². The molecular formula is C13H18N2O. The molecule has 1 amide bonds. The zero-order valence-electron chi connectivity index (χ0n) is 9.86. The van der Waals surface area contributed by atoms with Crippen molar-refractivity contribution in [2.75, 3.05) is 13.1 Å². The van der Waals surface area contributed by atoms with Crippen LogP contribution in [0.5, 0.6) is 0 Å². The number of aryl methyl sites for hydroxylation is 2. The van der Waals surface area contributed by atoms with Gasteiger partial charge >= 0.3 is 0 Å². The number of rotatable bonds is 2. The van der Waals surface area contributed by atoms with E-state index >= 15 is 0 Å². The molecule has 0 aliphatic carbocycles. The Morgan fingerprint density at radius 1 is 1.38 bits per heavy atom. The van der Waals surface area contributed by atoms with Gasteiger partial charge in [-0.25, -0.2) is 0 Å². The third kappa shape index (κ3) is 2.25. The second kappa shape index (κ2) is 4.26. The summed E-state index contributed by atoms with van der Waals surface area (Å²) in [7, 11) is 0. The quantitative estimate of drug-likeness (QED) is 0.805. The molecule has 3 heteroatoms. The number of amides is 1. The monoisotopic (exact) mass is 218 g/mol. The number of benzene rings is 1. The molecule has 2 N–H and O–H groups in total. The molecule has 86 valence electrons. The van der Waals surface area contributed by atoms with Gasteiger partial charge in [-0.2, -0.15) is 0 Å². The van der Waals surface area contributed by atoms with E-state index in [0.717, 1.165) is 5.56 Å². The SMILES string of the molecule is Cc1ccc(CC(=O)N2CC(N)C2)cc1C. The van der Waals surface area contributed by atoms with Crippen molar-refractivity contribution in [2.45, 2.75) is 26.3 Å². The summed E-state index contributed by atoms with van der Waals surface area (Å²) in [4.78, 5) is 13.6. The second-order valence-corrected chi connectivity index (χ2v) is 4.65. The molecular weight excluding hydrogens is 200 g/mol. The van der Waals surface area contributed by atoms with E-state index in [1.807, 2.05) is 11.0 Å². The molecule has 0 spiro atoms. The molecule has 2 rings (SSSR count). The summed E-state index contributed by atoms with van der Waals surface area (Å²) in [6.07, 6.45) is 0.494. The highest BCUT2D eigenvalue weighted by Gasteiger charge is 2.27. The van der Waals surface area contributed by atoms with Crippen LogP contribution in [-0.4, -0.2) is 29.9 Å². The van der Waals surface area contributed by atoms with Gasteiger partial charge in [0.15, 0.2) is 0 Å². The van der Waals surface area contributed by atoms with Crippen molar-refractivity contribution >= 4 is 5.91 Å². The van der Waals surface area contributed by atoms with Crippen LogP contribution in [0.2, 0.25) is 0 Å². The Morgan fingerprint density at radius 2 is 2.06 bits per heavy atom. The first-order chi connectivity index (χ1) is 7.56. The lowest BCUT2D eigenvalue weighted by Crippen LogP contribution is -2.58. The zero-order valence-corrected chi connectivity index (χ0v) is 9.86. The van der Waals surface area contributed by atoms with E-state index in [0.29, 0.717) is 19.5 Å². The predicted octanol–water partition coefficient (Wildman–Crippen LogP) is 1.02. The van der Waals surface area contributed by atoms with E-state index in [-0.39, 0.29) is 11.9 Å². The van der Waals surface area contributed by atoms with Crippen molar-refractivity contribution in [2.24, 2.45) is 5.73 Å². The highest BCUT2D eigenvalue weighted by Crippen LogP contribution is 2.13. The number of nitrogens with zero attached hydrogens (tertiary/aromatic N) is 1. The van der Waals surface area contributed by atoms with Gasteiger partial charge in [0.1, 0.15) is 0 Å². The van der Waals surface area contributed by atoms with Crippen LogP contribution in [0.4, 0.5) is 0 Å². The smallest absolute Gasteiger partial charge is 0.227 e. The predicted molar refractivity (Wildman–Crippen MR) is 64.2 cm³/mol. The van der Waals surface area contributed by atoms with Gasteiger partial charge in [-0.3, -0.25) is 4.79 Å². The van der Waals surface area contributed by atoms with Crippen LogP contribution in [0.1, 0.15) is 16.7 Å². The number of carbonyl (C=O) groups excluding carboxylic acids is 1. The molecule has 0 bridgehead atoms. The maximum absolute atomic E-state index is 11.8. The normalized spacial score (nSPS) is 16.1. The fourth-order valence-corrected chi connectivity index (χ4v) is 1.92. The minimum atomic E-state index is 0.184. The molecule has 0 saturated carbocycles. The summed E-state index contributed by atoms with van der Waals surface area (Å²) in [5.74, 6) is 0.185. The van der Waals surface area contributed by atoms with Crippen LogP contribution in [0.25, 0.3) is 0 Å². The van der Waals surface area contributed by atoms with Crippen molar-refractivity contribution in [3.63, 3.8) is 0 Å². The average molecular weight is 218 g/mol. The Balaban J connectivity index is 1.98. The van der Waals surface area contributed by atoms with Crippen LogP contribution in [0.3, 0.4) is 0 Å². The lowest BCUT2D eigenvalue weighted by atomic mass is 10.0. The molecule has 1 aliphatic heterocycles. The Bertz CT molecular complexity index is 408. The number of carbonyl (C=O) groups is 1. The molecule has 1 aromatic carbocycles. The average Bonchev–Trinajstić information content (AvgIpc) is 2.19. The summed E-state index contributed by atoms with van der Waals surface area (Å²) >= 11 is 0. The molecule has 3 nitrogen and oxygen atoms in total. The molecule has 1 saturated heterocycles.